The van der Waals surface area contributed by atoms with E-state index in [0.29, 0.717) is 11.5 Å². The van der Waals surface area contributed by atoms with E-state index in [1.807, 2.05) is 12.1 Å². The Bertz CT molecular complexity index is 1080. The van der Waals surface area contributed by atoms with Crippen molar-refractivity contribution in [2.75, 3.05) is 0 Å². The molecule has 0 bridgehead atoms. The van der Waals surface area contributed by atoms with Gasteiger partial charge in [0.05, 0.1) is 0 Å². The first-order valence-corrected chi connectivity index (χ1v) is 11.7. The summed E-state index contributed by atoms with van der Waals surface area (Å²) in [6.45, 7) is 15.4. The highest BCUT2D eigenvalue weighted by molar-refractivity contribution is 5.92. The number of hydrogen-bond donors (Lipinski definition) is 1. The van der Waals surface area contributed by atoms with E-state index in [0.717, 1.165) is 17.7 Å². The summed E-state index contributed by atoms with van der Waals surface area (Å²) >= 11 is 0. The second-order valence-electron chi connectivity index (χ2n) is 10.5. The fourth-order valence-corrected chi connectivity index (χ4v) is 4.29. The normalized spacial score (nSPS) is 12.6. The fraction of sp³-hybridized carbons (Fsp3) is 0.367. The number of primary amides is 1. The molecule has 1 unspecified atom stereocenters. The smallest absolute Gasteiger partial charge is 0.248 e. The highest BCUT2D eigenvalue weighted by atomic mass is 16.5. The minimum atomic E-state index is -0.416. The van der Waals surface area contributed by atoms with E-state index >= 15 is 0 Å². The van der Waals surface area contributed by atoms with Gasteiger partial charge < -0.3 is 10.5 Å². The molecule has 0 fully saturated rings. The first-order valence-electron chi connectivity index (χ1n) is 11.7. The molecule has 0 saturated heterocycles. The highest BCUT2D eigenvalue weighted by Gasteiger charge is 2.18. The molecule has 0 heterocycles. The lowest BCUT2D eigenvalue weighted by molar-refractivity contribution is 0.1000. The van der Waals surface area contributed by atoms with Gasteiger partial charge in [0, 0.05) is 5.56 Å². The lowest BCUT2D eigenvalue weighted by Gasteiger charge is -2.23. The van der Waals surface area contributed by atoms with E-state index in [1.54, 1.807) is 12.1 Å². The van der Waals surface area contributed by atoms with Crippen molar-refractivity contribution in [3.05, 3.63) is 88.5 Å². The molecule has 0 saturated carbocycles. The molecule has 0 aromatic heterocycles. The minimum Gasteiger partial charge on any atom is -0.486 e. The van der Waals surface area contributed by atoms with E-state index in [2.05, 4.69) is 84.9 Å². The maximum absolute atomic E-state index is 11.4. The van der Waals surface area contributed by atoms with Crippen molar-refractivity contribution < 1.29 is 9.53 Å². The van der Waals surface area contributed by atoms with Crippen LogP contribution in [-0.4, -0.2) is 5.91 Å². The topological polar surface area (TPSA) is 52.3 Å². The second-order valence-corrected chi connectivity index (χ2v) is 10.5. The Kier molecular flexibility index (Phi) is 7.31. The van der Waals surface area contributed by atoms with Crippen LogP contribution < -0.4 is 10.5 Å². The molecule has 0 radical (unpaired) electrons. The third-order valence-corrected chi connectivity index (χ3v) is 6.08. The molecule has 174 valence electrons. The Morgan fingerprint density at radius 2 is 1.45 bits per heavy atom. The zero-order valence-corrected chi connectivity index (χ0v) is 21.0. The molecule has 3 aromatic rings. The summed E-state index contributed by atoms with van der Waals surface area (Å²) in [5.74, 6) is 0.915. The van der Waals surface area contributed by atoms with E-state index in [4.69, 9.17) is 10.5 Å². The van der Waals surface area contributed by atoms with Crippen LogP contribution in [0.15, 0.2) is 60.7 Å². The molecular formula is C30H37NO2. The van der Waals surface area contributed by atoms with Gasteiger partial charge in [-0.1, -0.05) is 71.0 Å². The van der Waals surface area contributed by atoms with Gasteiger partial charge in [-0.3, -0.25) is 4.79 Å². The minimum absolute atomic E-state index is 0.0948. The summed E-state index contributed by atoms with van der Waals surface area (Å²) in [7, 11) is 0. The monoisotopic (exact) mass is 443 g/mol. The summed E-state index contributed by atoms with van der Waals surface area (Å²) in [4.78, 5) is 11.4. The number of carbonyl (C=O) groups is 1. The van der Waals surface area contributed by atoms with E-state index < -0.39 is 5.91 Å². The molecule has 1 amide bonds. The van der Waals surface area contributed by atoms with Gasteiger partial charge in [0.25, 0.3) is 0 Å². The van der Waals surface area contributed by atoms with Crippen molar-refractivity contribution in [2.24, 2.45) is 11.7 Å². The van der Waals surface area contributed by atoms with Crippen LogP contribution in [0.1, 0.15) is 79.8 Å². The van der Waals surface area contributed by atoms with E-state index in [9.17, 15) is 4.79 Å². The van der Waals surface area contributed by atoms with Gasteiger partial charge in [-0.05, 0) is 89.2 Å². The molecule has 3 rings (SSSR count). The number of rotatable bonds is 7. The predicted molar refractivity (Wildman–Crippen MR) is 138 cm³/mol. The van der Waals surface area contributed by atoms with Crippen molar-refractivity contribution in [1.29, 1.82) is 0 Å². The first kappa shape index (κ1) is 24.6. The summed E-state index contributed by atoms with van der Waals surface area (Å²) in [6, 6.07) is 20.6. The zero-order chi connectivity index (χ0) is 24.3. The Balaban J connectivity index is 1.90. The van der Waals surface area contributed by atoms with Crippen molar-refractivity contribution >= 4 is 5.91 Å². The van der Waals surface area contributed by atoms with Crippen LogP contribution >= 0.6 is 0 Å². The maximum atomic E-state index is 11.4. The van der Waals surface area contributed by atoms with Crippen LogP contribution in [0.5, 0.6) is 5.75 Å². The molecule has 0 aliphatic heterocycles. The maximum Gasteiger partial charge on any atom is 0.248 e. The Morgan fingerprint density at radius 1 is 0.909 bits per heavy atom. The molecule has 33 heavy (non-hydrogen) atoms. The lowest BCUT2D eigenvalue weighted by Crippen LogP contribution is -2.13. The Morgan fingerprint density at radius 3 is 1.91 bits per heavy atom. The average molecular weight is 444 g/mol. The van der Waals surface area contributed by atoms with Gasteiger partial charge in [0.15, 0.2) is 0 Å². The molecule has 3 nitrogen and oxygen atoms in total. The fourth-order valence-electron chi connectivity index (χ4n) is 4.29. The number of carbonyl (C=O) groups excluding carboxylic acids is 1. The number of benzene rings is 3. The van der Waals surface area contributed by atoms with Crippen LogP contribution in [0.25, 0.3) is 11.1 Å². The Hall–Kier alpha value is -3.07. The van der Waals surface area contributed by atoms with Gasteiger partial charge in [-0.2, -0.15) is 0 Å². The summed E-state index contributed by atoms with van der Waals surface area (Å²) in [6.07, 6.45) is 0.784. The molecule has 0 aliphatic rings. The van der Waals surface area contributed by atoms with E-state index in [1.165, 1.54) is 27.8 Å². The van der Waals surface area contributed by atoms with Crippen LogP contribution in [0, 0.1) is 19.8 Å². The number of aryl methyl sites for hydroxylation is 2. The van der Waals surface area contributed by atoms with Crippen molar-refractivity contribution in [3.8, 4) is 16.9 Å². The van der Waals surface area contributed by atoms with Crippen LogP contribution in [0.2, 0.25) is 0 Å². The second kappa shape index (κ2) is 9.82. The molecule has 2 N–H and O–H groups in total. The number of hydrogen-bond acceptors (Lipinski definition) is 2. The quantitative estimate of drug-likeness (QED) is 0.410. The van der Waals surface area contributed by atoms with Crippen LogP contribution in [0.4, 0.5) is 0 Å². The first-order chi connectivity index (χ1) is 15.5. The van der Waals surface area contributed by atoms with Gasteiger partial charge in [-0.25, -0.2) is 0 Å². The molecular weight excluding hydrogens is 406 g/mol. The van der Waals surface area contributed by atoms with E-state index in [-0.39, 0.29) is 11.5 Å². The van der Waals surface area contributed by atoms with Gasteiger partial charge in [0.1, 0.15) is 11.9 Å². The third kappa shape index (κ3) is 6.04. The Labute approximate surface area is 199 Å². The number of ether oxygens (including phenoxy) is 1. The van der Waals surface area contributed by atoms with Crippen molar-refractivity contribution in [1.82, 2.24) is 0 Å². The SMILES string of the molecule is Cc1cc(OC(CC(C)C)c2ccc(C(N)=O)cc2)cc(C)c1-c1ccc(C(C)(C)C)cc1. The zero-order valence-electron chi connectivity index (χ0n) is 21.0. The summed E-state index contributed by atoms with van der Waals surface area (Å²) in [5, 5.41) is 0. The van der Waals surface area contributed by atoms with Gasteiger partial charge >= 0.3 is 0 Å². The predicted octanol–water partition coefficient (Wildman–Crippen LogP) is 7.53. The lowest BCUT2D eigenvalue weighted by atomic mass is 9.85. The van der Waals surface area contributed by atoms with Crippen molar-refractivity contribution in [2.45, 2.75) is 66.4 Å². The standard InChI is InChI=1S/C30H37NO2/c1-19(2)16-27(22-8-10-24(11-9-22)29(31)32)33-26-17-20(3)28(21(4)18-26)23-12-14-25(15-13-23)30(5,6)7/h8-15,17-19,27H,16H2,1-7H3,(H2,31,32). The number of amides is 1. The molecule has 1 atom stereocenters. The summed E-state index contributed by atoms with van der Waals surface area (Å²) in [5.41, 5.74) is 13.3. The largest absolute Gasteiger partial charge is 0.486 e. The third-order valence-electron chi connectivity index (χ3n) is 6.08. The van der Waals surface area contributed by atoms with Gasteiger partial charge in [0.2, 0.25) is 5.91 Å². The average Bonchev–Trinajstić information content (AvgIpc) is 2.72. The molecule has 0 aliphatic carbocycles. The van der Waals surface area contributed by atoms with Crippen molar-refractivity contribution in [3.63, 3.8) is 0 Å². The summed E-state index contributed by atoms with van der Waals surface area (Å²) < 4.78 is 6.51. The van der Waals surface area contributed by atoms with Crippen LogP contribution in [0.3, 0.4) is 0 Å². The van der Waals surface area contributed by atoms with Crippen LogP contribution in [-0.2, 0) is 5.41 Å². The molecule has 0 spiro atoms. The number of nitrogens with two attached hydrogens (primary N) is 1. The van der Waals surface area contributed by atoms with Gasteiger partial charge in [-0.15, -0.1) is 0 Å². The molecule has 3 heteroatoms. The highest BCUT2D eigenvalue weighted by Crippen LogP contribution is 2.35. The molecule has 3 aromatic carbocycles.